The van der Waals surface area contributed by atoms with E-state index in [1.54, 1.807) is 5.32 Å². The van der Waals surface area contributed by atoms with E-state index in [1.807, 2.05) is 4.98 Å². The van der Waals surface area contributed by atoms with Gasteiger partial charge in [-0.25, -0.2) is 4.79 Å². The highest BCUT2D eigenvalue weighted by Gasteiger charge is 2.27. The summed E-state index contributed by atoms with van der Waals surface area (Å²) in [4.78, 5) is 35.2. The zero-order valence-corrected chi connectivity index (χ0v) is 10.3. The summed E-state index contributed by atoms with van der Waals surface area (Å²) in [6, 6.07) is 0. The topological polar surface area (TPSA) is 84.0 Å². The van der Waals surface area contributed by atoms with Crippen molar-refractivity contribution in [1.82, 2.24) is 14.9 Å². The van der Waals surface area contributed by atoms with E-state index in [9.17, 15) is 27.6 Å². The predicted octanol–water partition coefficient (Wildman–Crippen LogP) is -0.0224. The van der Waals surface area contributed by atoms with Crippen LogP contribution in [0.4, 0.5) is 13.2 Å². The first kappa shape index (κ1) is 14.5. The number of H-pyrrole nitrogens is 1. The standard InChI is InChI=1S/C8H7BrF3N3O3/c9-4-1-15(7(18)14-6(4)17)2-5(16)13-3-8(10,11)12/h1H,2-3H2,(H,13,16)(H,14,17,18). The first-order valence-electron chi connectivity index (χ1n) is 4.52. The number of nitrogens with zero attached hydrogens (tertiary/aromatic N) is 1. The Kier molecular flexibility index (Phi) is 4.33. The van der Waals surface area contributed by atoms with Crippen molar-refractivity contribution in [3.8, 4) is 0 Å². The SMILES string of the molecule is O=C(Cn1cc(Br)c(=O)[nH]c1=O)NCC(F)(F)F. The Morgan fingerprint density at radius 3 is 2.61 bits per heavy atom. The molecule has 1 aromatic heterocycles. The van der Waals surface area contributed by atoms with Gasteiger partial charge in [-0.15, -0.1) is 0 Å². The second-order valence-corrected chi connectivity index (χ2v) is 4.11. The van der Waals surface area contributed by atoms with Crippen LogP contribution in [0.25, 0.3) is 0 Å². The lowest BCUT2D eigenvalue weighted by atomic mass is 10.5. The maximum Gasteiger partial charge on any atom is 0.405 e. The van der Waals surface area contributed by atoms with E-state index in [1.165, 1.54) is 0 Å². The summed E-state index contributed by atoms with van der Waals surface area (Å²) in [5, 5.41) is 1.60. The number of nitrogens with one attached hydrogen (secondary N) is 2. The van der Waals surface area contributed by atoms with Crippen molar-refractivity contribution in [2.24, 2.45) is 0 Å². The summed E-state index contributed by atoms with van der Waals surface area (Å²) >= 11 is 2.83. The largest absolute Gasteiger partial charge is 0.405 e. The minimum atomic E-state index is -4.52. The van der Waals surface area contributed by atoms with Crippen LogP contribution in [0.1, 0.15) is 0 Å². The number of carbonyl (C=O) groups excluding carboxylic acids is 1. The zero-order valence-electron chi connectivity index (χ0n) is 8.68. The molecule has 0 radical (unpaired) electrons. The number of halogens is 4. The third-order valence-electron chi connectivity index (χ3n) is 1.77. The molecule has 0 aromatic carbocycles. The van der Waals surface area contributed by atoms with Gasteiger partial charge < -0.3 is 5.32 Å². The molecule has 0 spiro atoms. The van der Waals surface area contributed by atoms with Gasteiger partial charge in [0.2, 0.25) is 5.91 Å². The van der Waals surface area contributed by atoms with Crippen LogP contribution in [0, 0.1) is 0 Å². The highest BCUT2D eigenvalue weighted by molar-refractivity contribution is 9.10. The maximum absolute atomic E-state index is 11.8. The predicted molar refractivity (Wildman–Crippen MR) is 58.1 cm³/mol. The fraction of sp³-hybridized carbons (Fsp3) is 0.375. The summed E-state index contributed by atoms with van der Waals surface area (Å²) in [5.41, 5.74) is -1.57. The summed E-state index contributed by atoms with van der Waals surface area (Å²) in [6.07, 6.45) is -3.50. The van der Waals surface area contributed by atoms with Gasteiger partial charge in [0.1, 0.15) is 13.1 Å². The smallest absolute Gasteiger partial charge is 0.345 e. The summed E-state index contributed by atoms with van der Waals surface area (Å²) in [6.45, 7) is -2.10. The van der Waals surface area contributed by atoms with E-state index in [4.69, 9.17) is 0 Å². The van der Waals surface area contributed by atoms with Gasteiger partial charge in [-0.2, -0.15) is 13.2 Å². The van der Waals surface area contributed by atoms with Crippen LogP contribution >= 0.6 is 15.9 Å². The molecule has 1 rings (SSSR count). The Morgan fingerprint density at radius 2 is 2.06 bits per heavy atom. The lowest BCUT2D eigenvalue weighted by molar-refractivity contribution is -0.138. The van der Waals surface area contributed by atoms with Gasteiger partial charge in [0.05, 0.1) is 4.47 Å². The fourth-order valence-corrected chi connectivity index (χ4v) is 1.36. The molecule has 0 saturated heterocycles. The van der Waals surface area contributed by atoms with Gasteiger partial charge in [-0.1, -0.05) is 0 Å². The number of carbonyl (C=O) groups is 1. The third-order valence-corrected chi connectivity index (χ3v) is 2.33. The van der Waals surface area contributed by atoms with Crippen molar-refractivity contribution >= 4 is 21.8 Å². The molecule has 1 amide bonds. The van der Waals surface area contributed by atoms with Gasteiger partial charge in [0.25, 0.3) is 5.56 Å². The molecule has 6 nitrogen and oxygen atoms in total. The van der Waals surface area contributed by atoms with Crippen LogP contribution in [-0.2, 0) is 11.3 Å². The van der Waals surface area contributed by atoms with Gasteiger partial charge >= 0.3 is 11.9 Å². The molecule has 0 aliphatic carbocycles. The van der Waals surface area contributed by atoms with Crippen LogP contribution in [-0.4, -0.2) is 28.2 Å². The molecular weight excluding hydrogens is 323 g/mol. The molecule has 0 fully saturated rings. The van der Waals surface area contributed by atoms with Crippen molar-refractivity contribution < 1.29 is 18.0 Å². The van der Waals surface area contributed by atoms with Gasteiger partial charge in [0.15, 0.2) is 0 Å². The van der Waals surface area contributed by atoms with Crippen molar-refractivity contribution in [2.75, 3.05) is 6.54 Å². The van der Waals surface area contributed by atoms with E-state index in [0.717, 1.165) is 10.8 Å². The molecule has 0 aliphatic heterocycles. The Bertz CT molecular complexity index is 563. The molecule has 1 aromatic rings. The number of hydrogen-bond acceptors (Lipinski definition) is 3. The van der Waals surface area contributed by atoms with Crippen LogP contribution < -0.4 is 16.6 Å². The average Bonchev–Trinajstić information content (AvgIpc) is 2.22. The molecule has 0 atom stereocenters. The fourth-order valence-electron chi connectivity index (χ4n) is 1.01. The van der Waals surface area contributed by atoms with Crippen molar-refractivity contribution in [1.29, 1.82) is 0 Å². The summed E-state index contributed by atoms with van der Waals surface area (Å²) in [7, 11) is 0. The number of amides is 1. The molecule has 2 N–H and O–H groups in total. The lowest BCUT2D eigenvalue weighted by Gasteiger charge is -2.09. The molecule has 0 saturated carbocycles. The quantitative estimate of drug-likeness (QED) is 0.817. The van der Waals surface area contributed by atoms with E-state index >= 15 is 0 Å². The first-order chi connectivity index (χ1) is 8.19. The van der Waals surface area contributed by atoms with E-state index in [2.05, 4.69) is 15.9 Å². The lowest BCUT2D eigenvalue weighted by Crippen LogP contribution is -2.39. The zero-order chi connectivity index (χ0) is 13.9. The van der Waals surface area contributed by atoms with Gasteiger partial charge in [-0.3, -0.25) is 19.1 Å². The highest BCUT2D eigenvalue weighted by atomic mass is 79.9. The second-order valence-electron chi connectivity index (χ2n) is 3.26. The number of hydrogen-bond donors (Lipinski definition) is 2. The number of aromatic nitrogens is 2. The number of rotatable bonds is 3. The molecule has 10 heteroatoms. The molecule has 0 bridgehead atoms. The Morgan fingerprint density at radius 1 is 1.44 bits per heavy atom. The minimum absolute atomic E-state index is 0.00859. The van der Waals surface area contributed by atoms with E-state index in [-0.39, 0.29) is 4.47 Å². The Hall–Kier alpha value is -1.58. The number of alkyl halides is 3. The molecular formula is C8H7BrF3N3O3. The first-order valence-corrected chi connectivity index (χ1v) is 5.31. The summed E-state index contributed by atoms with van der Waals surface area (Å²) < 4.78 is 36.2. The van der Waals surface area contributed by atoms with E-state index < -0.39 is 36.4 Å². The van der Waals surface area contributed by atoms with Crippen molar-refractivity contribution in [3.63, 3.8) is 0 Å². The third kappa shape index (κ3) is 4.35. The minimum Gasteiger partial charge on any atom is -0.345 e. The van der Waals surface area contributed by atoms with Crippen LogP contribution in [0.2, 0.25) is 0 Å². The monoisotopic (exact) mass is 329 g/mol. The maximum atomic E-state index is 11.8. The van der Waals surface area contributed by atoms with Crippen LogP contribution in [0.3, 0.4) is 0 Å². The van der Waals surface area contributed by atoms with Crippen molar-refractivity contribution in [3.05, 3.63) is 31.5 Å². The van der Waals surface area contributed by atoms with Crippen LogP contribution in [0.5, 0.6) is 0 Å². The Labute approximate surface area is 106 Å². The normalized spacial score (nSPS) is 11.3. The van der Waals surface area contributed by atoms with E-state index in [0.29, 0.717) is 0 Å². The molecule has 0 unspecified atom stereocenters. The summed E-state index contributed by atoms with van der Waals surface area (Å²) in [5.74, 6) is -0.992. The second kappa shape index (κ2) is 5.38. The van der Waals surface area contributed by atoms with Crippen LogP contribution in [0.15, 0.2) is 20.3 Å². The Balaban J connectivity index is 2.74. The molecule has 18 heavy (non-hydrogen) atoms. The highest BCUT2D eigenvalue weighted by Crippen LogP contribution is 2.11. The number of aromatic amines is 1. The molecule has 1 heterocycles. The molecule has 100 valence electrons. The molecule has 0 aliphatic rings. The van der Waals surface area contributed by atoms with Gasteiger partial charge in [-0.05, 0) is 15.9 Å². The van der Waals surface area contributed by atoms with Gasteiger partial charge in [0, 0.05) is 6.20 Å². The van der Waals surface area contributed by atoms with Crippen molar-refractivity contribution in [2.45, 2.75) is 12.7 Å². The average molecular weight is 330 g/mol.